The number of benzene rings is 1. The van der Waals surface area contributed by atoms with Gasteiger partial charge in [-0.15, -0.1) is 0 Å². The summed E-state index contributed by atoms with van der Waals surface area (Å²) < 4.78 is 14.4. The van der Waals surface area contributed by atoms with E-state index in [9.17, 15) is 4.39 Å². The highest BCUT2D eigenvalue weighted by Gasteiger charge is 2.25. The van der Waals surface area contributed by atoms with Crippen LogP contribution in [0.2, 0.25) is 5.02 Å². The average Bonchev–Trinajstić information content (AvgIpc) is 3.02. The van der Waals surface area contributed by atoms with Gasteiger partial charge in [0.15, 0.2) is 0 Å². The molecule has 0 fully saturated rings. The van der Waals surface area contributed by atoms with Gasteiger partial charge in [-0.1, -0.05) is 17.7 Å². The number of pyridine rings is 2. The molecule has 4 heterocycles. The fourth-order valence-electron chi connectivity index (χ4n) is 3.13. The lowest BCUT2D eigenvalue weighted by molar-refractivity contribution is 0.630. The summed E-state index contributed by atoms with van der Waals surface area (Å²) in [6, 6.07) is 10.2. The molecule has 0 bridgehead atoms. The second kappa shape index (κ2) is 5.64. The summed E-state index contributed by atoms with van der Waals surface area (Å²) in [5.74, 6) is 0.621. The molecule has 1 aliphatic rings. The van der Waals surface area contributed by atoms with Crippen molar-refractivity contribution >= 4 is 23.1 Å². The highest BCUT2D eigenvalue weighted by molar-refractivity contribution is 6.33. The van der Waals surface area contributed by atoms with Crippen LogP contribution in [0.3, 0.4) is 0 Å². The Hall–Kier alpha value is -3.25. The van der Waals surface area contributed by atoms with E-state index in [4.69, 9.17) is 11.6 Å². The number of H-pyrrole nitrogens is 1. The number of hydrogen-bond donors (Lipinski definition) is 2. The van der Waals surface area contributed by atoms with Gasteiger partial charge in [-0.25, -0.2) is 14.4 Å². The van der Waals surface area contributed by atoms with Crippen molar-refractivity contribution in [1.82, 2.24) is 19.9 Å². The van der Waals surface area contributed by atoms with Crippen molar-refractivity contribution in [3.8, 4) is 33.9 Å². The van der Waals surface area contributed by atoms with Crippen LogP contribution in [0.5, 0.6) is 0 Å². The molecule has 4 aromatic rings. The van der Waals surface area contributed by atoms with Gasteiger partial charge in [0.25, 0.3) is 0 Å². The van der Waals surface area contributed by atoms with E-state index in [1.807, 2.05) is 18.2 Å². The van der Waals surface area contributed by atoms with Gasteiger partial charge in [-0.2, -0.15) is 0 Å². The molecule has 126 valence electrons. The lowest BCUT2D eigenvalue weighted by atomic mass is 10.1. The van der Waals surface area contributed by atoms with Crippen LogP contribution in [0.4, 0.5) is 15.9 Å². The smallest absolute Gasteiger partial charge is 0.143 e. The zero-order valence-electron chi connectivity index (χ0n) is 13.3. The molecule has 3 aromatic heterocycles. The van der Waals surface area contributed by atoms with E-state index < -0.39 is 5.82 Å². The Morgan fingerprint density at radius 3 is 2.81 bits per heavy atom. The normalized spacial score (nSPS) is 11.8. The highest BCUT2D eigenvalue weighted by Crippen LogP contribution is 2.43. The van der Waals surface area contributed by atoms with Gasteiger partial charge in [0.05, 0.1) is 22.0 Å². The molecule has 0 spiro atoms. The number of imidazole rings is 1. The van der Waals surface area contributed by atoms with Crippen LogP contribution < -0.4 is 5.32 Å². The molecule has 1 aliphatic heterocycles. The van der Waals surface area contributed by atoms with Crippen LogP contribution in [-0.4, -0.2) is 19.9 Å². The fourth-order valence-corrected chi connectivity index (χ4v) is 3.38. The minimum atomic E-state index is -0.433. The predicted molar refractivity (Wildman–Crippen MR) is 98.7 cm³/mol. The van der Waals surface area contributed by atoms with E-state index in [-0.39, 0.29) is 5.56 Å². The van der Waals surface area contributed by atoms with E-state index in [0.29, 0.717) is 22.4 Å². The molecule has 5 nitrogen and oxygen atoms in total. The molecule has 0 unspecified atom stereocenters. The highest BCUT2D eigenvalue weighted by atomic mass is 35.5. The van der Waals surface area contributed by atoms with Crippen LogP contribution in [0, 0.1) is 5.82 Å². The van der Waals surface area contributed by atoms with Crippen molar-refractivity contribution < 1.29 is 4.39 Å². The first-order valence-corrected chi connectivity index (χ1v) is 8.31. The number of anilines is 2. The molecular formula is C19H11ClFN5. The first kappa shape index (κ1) is 15.0. The van der Waals surface area contributed by atoms with Crippen molar-refractivity contribution in [3.63, 3.8) is 0 Å². The molecule has 5 rings (SSSR count). The van der Waals surface area contributed by atoms with Crippen molar-refractivity contribution in [2.75, 3.05) is 5.32 Å². The summed E-state index contributed by atoms with van der Waals surface area (Å²) >= 11 is 6.22. The second-order valence-electron chi connectivity index (χ2n) is 5.85. The number of fused-ring (bicyclic) bond motifs is 5. The van der Waals surface area contributed by atoms with E-state index in [1.54, 1.807) is 30.7 Å². The third-order valence-electron chi connectivity index (χ3n) is 4.31. The van der Waals surface area contributed by atoms with Gasteiger partial charge >= 0.3 is 0 Å². The average molecular weight is 364 g/mol. The van der Waals surface area contributed by atoms with E-state index >= 15 is 0 Å². The zero-order valence-corrected chi connectivity index (χ0v) is 14.0. The number of nitrogens with zero attached hydrogens (tertiary/aromatic N) is 3. The molecule has 7 heteroatoms. The topological polar surface area (TPSA) is 66.5 Å². The van der Waals surface area contributed by atoms with Gasteiger partial charge < -0.3 is 10.3 Å². The van der Waals surface area contributed by atoms with Gasteiger partial charge in [0.1, 0.15) is 23.2 Å². The minimum absolute atomic E-state index is 0.242. The minimum Gasteiger partial charge on any atom is -0.339 e. The summed E-state index contributed by atoms with van der Waals surface area (Å²) in [5, 5.41) is 3.60. The molecule has 2 N–H and O–H groups in total. The Bertz CT molecular complexity index is 1070. The molecule has 1 aromatic carbocycles. The molecule has 0 saturated carbocycles. The van der Waals surface area contributed by atoms with Crippen LogP contribution in [0.15, 0.2) is 55.0 Å². The number of aromatic amines is 1. The first-order valence-electron chi connectivity index (χ1n) is 7.93. The maximum absolute atomic E-state index is 14.4. The molecular weight excluding hydrogens is 353 g/mol. The van der Waals surface area contributed by atoms with E-state index in [2.05, 4.69) is 25.3 Å². The Balaban J connectivity index is 1.84. The second-order valence-corrected chi connectivity index (χ2v) is 6.26. The molecule has 26 heavy (non-hydrogen) atoms. The van der Waals surface area contributed by atoms with Crippen molar-refractivity contribution in [3.05, 3.63) is 65.8 Å². The van der Waals surface area contributed by atoms with Crippen LogP contribution >= 0.6 is 11.6 Å². The number of hydrogen-bond acceptors (Lipinski definition) is 4. The van der Waals surface area contributed by atoms with Crippen molar-refractivity contribution in [2.45, 2.75) is 0 Å². The van der Waals surface area contributed by atoms with Crippen LogP contribution in [0.25, 0.3) is 33.9 Å². The van der Waals surface area contributed by atoms with Gasteiger partial charge in [-0.3, -0.25) is 4.98 Å². The third-order valence-corrected chi connectivity index (χ3v) is 4.62. The Morgan fingerprint density at radius 2 is 1.92 bits per heavy atom. The fraction of sp³-hybridized carbons (Fsp3) is 0. The summed E-state index contributed by atoms with van der Waals surface area (Å²) in [4.78, 5) is 16.5. The summed E-state index contributed by atoms with van der Waals surface area (Å²) in [7, 11) is 0. The summed E-state index contributed by atoms with van der Waals surface area (Å²) in [5.41, 5.74) is 4.12. The third kappa shape index (κ3) is 2.19. The standard InChI is InChI=1S/C19H11ClFN5/c20-12-4-1-5-13(21)15(12)19-25-16-10-3-2-7-23-18(10)24-14-6-8-22-9-11(14)17(16)26-19/h1-9H,(H,23,24)(H,25,26). The maximum atomic E-state index is 14.4. The largest absolute Gasteiger partial charge is 0.339 e. The molecule has 0 aliphatic carbocycles. The van der Waals surface area contributed by atoms with Crippen molar-refractivity contribution in [2.24, 2.45) is 0 Å². The van der Waals surface area contributed by atoms with Gasteiger partial charge in [0, 0.05) is 29.7 Å². The Labute approximate surface area is 152 Å². The predicted octanol–water partition coefficient (Wildman–Crippen LogP) is 5.05. The number of aromatic nitrogens is 4. The van der Waals surface area contributed by atoms with Crippen LogP contribution in [-0.2, 0) is 0 Å². The van der Waals surface area contributed by atoms with Gasteiger partial charge in [-0.05, 0) is 30.3 Å². The first-order chi connectivity index (χ1) is 12.7. The number of nitrogens with one attached hydrogen (secondary N) is 2. The SMILES string of the molecule is Fc1cccc(Cl)c1-c1nc2c([nH]1)-c1cccnc1Nc1ccncc1-2. The lowest BCUT2D eigenvalue weighted by Crippen LogP contribution is -1.95. The maximum Gasteiger partial charge on any atom is 0.143 e. The van der Waals surface area contributed by atoms with Crippen LogP contribution in [0.1, 0.15) is 0 Å². The van der Waals surface area contributed by atoms with E-state index in [0.717, 1.165) is 22.5 Å². The number of halogens is 2. The zero-order chi connectivity index (χ0) is 17.7. The Morgan fingerprint density at radius 1 is 1.00 bits per heavy atom. The van der Waals surface area contributed by atoms with Crippen molar-refractivity contribution in [1.29, 1.82) is 0 Å². The summed E-state index contributed by atoms with van der Waals surface area (Å²) in [6.07, 6.45) is 5.13. The summed E-state index contributed by atoms with van der Waals surface area (Å²) in [6.45, 7) is 0. The molecule has 0 saturated heterocycles. The number of rotatable bonds is 1. The molecule has 0 amide bonds. The quantitative estimate of drug-likeness (QED) is 0.437. The molecule has 0 atom stereocenters. The Kier molecular flexibility index (Phi) is 3.26. The monoisotopic (exact) mass is 363 g/mol. The van der Waals surface area contributed by atoms with Gasteiger partial charge in [0.2, 0.25) is 0 Å². The lowest BCUT2D eigenvalue weighted by Gasteiger charge is -2.08. The van der Waals surface area contributed by atoms with E-state index in [1.165, 1.54) is 6.07 Å². The molecule has 0 radical (unpaired) electrons.